The highest BCUT2D eigenvalue weighted by atomic mass is 16.6. The summed E-state index contributed by atoms with van der Waals surface area (Å²) in [5, 5.41) is 10.3. The molecule has 1 aromatic rings. The maximum absolute atomic E-state index is 12.0. The van der Waals surface area contributed by atoms with Crippen LogP contribution in [0.3, 0.4) is 0 Å². The molecule has 2 atom stereocenters. The number of aliphatic hydroxyl groups is 1. The third kappa shape index (κ3) is 3.49. The lowest BCUT2D eigenvalue weighted by Crippen LogP contribution is -2.55. The first kappa shape index (κ1) is 14.8. The molecule has 2 rings (SSSR count). The Morgan fingerprint density at radius 1 is 1.50 bits per heavy atom. The fourth-order valence-corrected chi connectivity index (χ4v) is 2.56. The number of hydrogen-bond donors (Lipinski definition) is 2. The molecule has 1 fully saturated rings. The second-order valence-electron chi connectivity index (χ2n) is 5.54. The molecular weight excluding hydrogens is 256 g/mol. The first-order valence-corrected chi connectivity index (χ1v) is 6.91. The van der Waals surface area contributed by atoms with Gasteiger partial charge >= 0.3 is 6.09 Å². The quantitative estimate of drug-likeness (QED) is 0.875. The predicted molar refractivity (Wildman–Crippen MR) is 76.0 cm³/mol. The largest absolute Gasteiger partial charge is 0.445 e. The van der Waals surface area contributed by atoms with Crippen molar-refractivity contribution in [3.8, 4) is 0 Å². The number of nitrogens with zero attached hydrogens (tertiary/aromatic N) is 1. The second-order valence-corrected chi connectivity index (χ2v) is 5.54. The number of hydrogen-bond acceptors (Lipinski definition) is 4. The molecule has 1 saturated heterocycles. The molecule has 1 aliphatic heterocycles. The molecule has 3 N–H and O–H groups in total. The summed E-state index contributed by atoms with van der Waals surface area (Å²) in [5.74, 6) is 0.0284. The number of likely N-dealkylation sites (tertiary alicyclic amines) is 1. The minimum atomic E-state index is -0.946. The van der Waals surface area contributed by atoms with E-state index in [-0.39, 0.29) is 25.2 Å². The molecule has 0 spiro atoms. The zero-order valence-corrected chi connectivity index (χ0v) is 11.8. The molecule has 0 aliphatic carbocycles. The summed E-state index contributed by atoms with van der Waals surface area (Å²) in [6.07, 6.45) is 0.314. The maximum atomic E-state index is 12.0. The molecule has 5 heteroatoms. The molecule has 0 radical (unpaired) electrons. The molecule has 1 aromatic carbocycles. The third-order valence-corrected chi connectivity index (χ3v) is 3.89. The van der Waals surface area contributed by atoms with E-state index >= 15 is 0 Å². The van der Waals surface area contributed by atoms with E-state index in [1.165, 1.54) is 0 Å². The van der Waals surface area contributed by atoms with E-state index in [1.54, 1.807) is 11.8 Å². The van der Waals surface area contributed by atoms with Gasteiger partial charge < -0.3 is 20.5 Å². The van der Waals surface area contributed by atoms with Crippen LogP contribution < -0.4 is 5.73 Å². The van der Waals surface area contributed by atoms with Crippen LogP contribution in [0, 0.1) is 5.92 Å². The summed E-state index contributed by atoms with van der Waals surface area (Å²) in [5.41, 5.74) is 5.64. The molecular formula is C15H22N2O3. The number of carbonyl (C=O) groups excluding carboxylic acids is 1. The Morgan fingerprint density at radius 2 is 2.20 bits per heavy atom. The van der Waals surface area contributed by atoms with E-state index in [0.717, 1.165) is 5.56 Å². The summed E-state index contributed by atoms with van der Waals surface area (Å²) in [6.45, 7) is 3.24. The molecule has 1 amide bonds. The molecule has 5 nitrogen and oxygen atoms in total. The van der Waals surface area contributed by atoms with Crippen LogP contribution in [0.4, 0.5) is 4.79 Å². The summed E-state index contributed by atoms with van der Waals surface area (Å²) >= 11 is 0. The lowest BCUT2D eigenvalue weighted by atomic mass is 9.83. The Kier molecular flexibility index (Phi) is 4.62. The highest BCUT2D eigenvalue weighted by molar-refractivity contribution is 5.68. The van der Waals surface area contributed by atoms with Gasteiger partial charge in [-0.15, -0.1) is 0 Å². The van der Waals surface area contributed by atoms with Gasteiger partial charge in [-0.25, -0.2) is 4.79 Å². The van der Waals surface area contributed by atoms with E-state index in [4.69, 9.17) is 10.5 Å². The van der Waals surface area contributed by atoms with Crippen molar-refractivity contribution in [2.45, 2.75) is 25.6 Å². The molecule has 2 unspecified atom stereocenters. The average Bonchev–Trinajstić information content (AvgIpc) is 2.44. The monoisotopic (exact) mass is 278 g/mol. The van der Waals surface area contributed by atoms with Gasteiger partial charge in [0, 0.05) is 12.5 Å². The van der Waals surface area contributed by atoms with E-state index in [2.05, 4.69) is 0 Å². The van der Waals surface area contributed by atoms with Crippen LogP contribution in [-0.4, -0.2) is 41.3 Å². The highest BCUT2D eigenvalue weighted by Gasteiger charge is 2.39. The zero-order valence-electron chi connectivity index (χ0n) is 11.8. The maximum Gasteiger partial charge on any atom is 0.410 e. The Bertz CT molecular complexity index is 448. The van der Waals surface area contributed by atoms with Crippen molar-refractivity contribution >= 4 is 6.09 Å². The SMILES string of the molecule is CC1(O)CN(C(=O)OCc2ccccc2)CCC1CN. The van der Waals surface area contributed by atoms with E-state index in [0.29, 0.717) is 19.5 Å². The van der Waals surface area contributed by atoms with Crippen molar-refractivity contribution in [2.75, 3.05) is 19.6 Å². The summed E-state index contributed by atoms with van der Waals surface area (Å²) in [7, 11) is 0. The number of rotatable bonds is 3. The van der Waals surface area contributed by atoms with Gasteiger partial charge in [0.15, 0.2) is 0 Å². The molecule has 0 aromatic heterocycles. The number of piperidine rings is 1. The first-order valence-electron chi connectivity index (χ1n) is 6.91. The summed E-state index contributed by atoms with van der Waals surface area (Å²) in [4.78, 5) is 13.6. The molecule has 0 bridgehead atoms. The fourth-order valence-electron chi connectivity index (χ4n) is 2.56. The summed E-state index contributed by atoms with van der Waals surface area (Å²) < 4.78 is 5.27. The minimum absolute atomic E-state index is 0.0284. The van der Waals surface area contributed by atoms with Crippen LogP contribution in [0.5, 0.6) is 0 Å². The smallest absolute Gasteiger partial charge is 0.410 e. The van der Waals surface area contributed by atoms with Gasteiger partial charge in [-0.05, 0) is 25.5 Å². The normalized spacial score (nSPS) is 26.4. The van der Waals surface area contributed by atoms with Crippen molar-refractivity contribution < 1.29 is 14.6 Å². The number of nitrogens with two attached hydrogens (primary N) is 1. The fraction of sp³-hybridized carbons (Fsp3) is 0.533. The van der Waals surface area contributed by atoms with Crippen LogP contribution >= 0.6 is 0 Å². The van der Waals surface area contributed by atoms with Gasteiger partial charge in [-0.3, -0.25) is 0 Å². The third-order valence-electron chi connectivity index (χ3n) is 3.89. The standard InChI is InChI=1S/C15H22N2O3/c1-15(19)11-17(8-7-13(15)9-16)14(18)20-10-12-5-3-2-4-6-12/h2-6,13,19H,7-11,16H2,1H3. The minimum Gasteiger partial charge on any atom is -0.445 e. The van der Waals surface area contributed by atoms with Gasteiger partial charge in [0.1, 0.15) is 6.61 Å². The van der Waals surface area contributed by atoms with E-state index in [9.17, 15) is 9.90 Å². The Hall–Kier alpha value is -1.59. The average molecular weight is 278 g/mol. The number of benzene rings is 1. The molecule has 20 heavy (non-hydrogen) atoms. The number of ether oxygens (including phenoxy) is 1. The molecule has 0 saturated carbocycles. The lowest BCUT2D eigenvalue weighted by Gasteiger charge is -2.41. The van der Waals surface area contributed by atoms with Gasteiger partial charge in [0.2, 0.25) is 0 Å². The molecule has 110 valence electrons. The number of β-amino-alcohol motifs (C(OH)–C–C–N with tert-alkyl or cyclic N) is 1. The summed E-state index contributed by atoms with van der Waals surface area (Å²) in [6, 6.07) is 9.54. The van der Waals surface area contributed by atoms with Gasteiger partial charge in [0.05, 0.1) is 12.1 Å². The van der Waals surface area contributed by atoms with E-state index in [1.807, 2.05) is 30.3 Å². The topological polar surface area (TPSA) is 75.8 Å². The van der Waals surface area contributed by atoms with Crippen LogP contribution in [0.2, 0.25) is 0 Å². The van der Waals surface area contributed by atoms with Gasteiger partial charge in [-0.1, -0.05) is 30.3 Å². The Morgan fingerprint density at radius 3 is 2.80 bits per heavy atom. The van der Waals surface area contributed by atoms with Crippen molar-refractivity contribution in [2.24, 2.45) is 11.7 Å². The van der Waals surface area contributed by atoms with Crippen LogP contribution in [-0.2, 0) is 11.3 Å². The van der Waals surface area contributed by atoms with Crippen LogP contribution in [0.15, 0.2) is 30.3 Å². The predicted octanol–water partition coefficient (Wildman–Crippen LogP) is 1.35. The first-order chi connectivity index (χ1) is 9.53. The van der Waals surface area contributed by atoms with Crippen molar-refractivity contribution in [1.82, 2.24) is 4.90 Å². The van der Waals surface area contributed by atoms with Crippen LogP contribution in [0.1, 0.15) is 18.9 Å². The molecule has 1 heterocycles. The Balaban J connectivity index is 1.87. The van der Waals surface area contributed by atoms with Crippen molar-refractivity contribution in [1.29, 1.82) is 0 Å². The van der Waals surface area contributed by atoms with Gasteiger partial charge in [0.25, 0.3) is 0 Å². The molecule has 1 aliphatic rings. The Labute approximate surface area is 119 Å². The second kappa shape index (κ2) is 6.24. The van der Waals surface area contributed by atoms with Crippen LogP contribution in [0.25, 0.3) is 0 Å². The lowest BCUT2D eigenvalue weighted by molar-refractivity contribution is -0.0570. The van der Waals surface area contributed by atoms with Crippen molar-refractivity contribution in [3.05, 3.63) is 35.9 Å². The highest BCUT2D eigenvalue weighted by Crippen LogP contribution is 2.26. The number of carbonyl (C=O) groups is 1. The van der Waals surface area contributed by atoms with Crippen molar-refractivity contribution in [3.63, 3.8) is 0 Å². The number of amides is 1. The zero-order chi connectivity index (χ0) is 14.6. The van der Waals surface area contributed by atoms with Gasteiger partial charge in [-0.2, -0.15) is 0 Å². The van der Waals surface area contributed by atoms with E-state index < -0.39 is 5.60 Å².